The third-order valence-electron chi connectivity index (χ3n) is 3.73. The topological polar surface area (TPSA) is 38.5 Å². The standard InChI is InChI=1S/C14H20N2O/c1-10-2-3-14-11(6-10)7-13(17-14)9-16-5-4-12(15)8-16/h2-3,6,12-13H,4-5,7-9,15H2,1H3/t12-,13?/m1/s1. The zero-order valence-electron chi connectivity index (χ0n) is 10.4. The second-order valence-electron chi connectivity index (χ2n) is 5.36. The molecule has 1 aromatic carbocycles. The Morgan fingerprint density at radius 2 is 2.35 bits per heavy atom. The molecule has 2 aliphatic rings. The van der Waals surface area contributed by atoms with Gasteiger partial charge in [0, 0.05) is 25.6 Å². The monoisotopic (exact) mass is 232 g/mol. The van der Waals surface area contributed by atoms with Crippen LogP contribution in [0.15, 0.2) is 18.2 Å². The maximum atomic E-state index is 5.98. The van der Waals surface area contributed by atoms with E-state index in [1.807, 2.05) is 0 Å². The highest BCUT2D eigenvalue weighted by Crippen LogP contribution is 2.30. The quantitative estimate of drug-likeness (QED) is 0.836. The van der Waals surface area contributed by atoms with Crippen LogP contribution in [0.2, 0.25) is 0 Å². The van der Waals surface area contributed by atoms with Gasteiger partial charge in [-0.1, -0.05) is 17.7 Å². The minimum Gasteiger partial charge on any atom is -0.488 e. The van der Waals surface area contributed by atoms with Crippen LogP contribution in [-0.2, 0) is 6.42 Å². The minimum absolute atomic E-state index is 0.317. The van der Waals surface area contributed by atoms with Crippen LogP contribution >= 0.6 is 0 Å². The molecule has 3 heteroatoms. The van der Waals surface area contributed by atoms with Gasteiger partial charge in [0.2, 0.25) is 0 Å². The summed E-state index contributed by atoms with van der Waals surface area (Å²) in [6.45, 7) is 5.29. The summed E-state index contributed by atoms with van der Waals surface area (Å²) in [5.41, 5.74) is 8.60. The normalized spacial score (nSPS) is 28.1. The third-order valence-corrected chi connectivity index (χ3v) is 3.73. The Labute approximate surface area is 103 Å². The predicted octanol–water partition coefficient (Wildman–Crippen LogP) is 1.33. The fraction of sp³-hybridized carbons (Fsp3) is 0.571. The maximum absolute atomic E-state index is 5.98. The Bertz CT molecular complexity index is 419. The second kappa shape index (κ2) is 4.31. The minimum atomic E-state index is 0.317. The third kappa shape index (κ3) is 2.31. The Balaban J connectivity index is 1.62. The molecule has 1 fully saturated rings. The molecule has 0 aliphatic carbocycles. The zero-order chi connectivity index (χ0) is 11.8. The summed E-state index contributed by atoms with van der Waals surface area (Å²) >= 11 is 0. The Kier molecular flexibility index (Phi) is 2.81. The SMILES string of the molecule is Cc1ccc2c(c1)CC(CN1CC[C@@H](N)C1)O2. The molecule has 1 saturated heterocycles. The van der Waals surface area contributed by atoms with Crippen molar-refractivity contribution < 1.29 is 4.74 Å². The van der Waals surface area contributed by atoms with Gasteiger partial charge in [-0.2, -0.15) is 0 Å². The molecule has 92 valence electrons. The van der Waals surface area contributed by atoms with Crippen LogP contribution in [0.4, 0.5) is 0 Å². The van der Waals surface area contributed by atoms with Crippen molar-refractivity contribution in [3.05, 3.63) is 29.3 Å². The smallest absolute Gasteiger partial charge is 0.123 e. The van der Waals surface area contributed by atoms with Crippen LogP contribution in [0.3, 0.4) is 0 Å². The first-order chi connectivity index (χ1) is 8.20. The van der Waals surface area contributed by atoms with Gasteiger partial charge in [0.05, 0.1) is 0 Å². The highest BCUT2D eigenvalue weighted by atomic mass is 16.5. The molecule has 0 amide bonds. The Morgan fingerprint density at radius 1 is 1.47 bits per heavy atom. The molecule has 2 N–H and O–H groups in total. The number of benzene rings is 1. The first-order valence-electron chi connectivity index (χ1n) is 6.45. The number of hydrogen-bond acceptors (Lipinski definition) is 3. The molecule has 0 radical (unpaired) electrons. The number of nitrogens with two attached hydrogens (primary N) is 1. The van der Waals surface area contributed by atoms with Crippen LogP contribution < -0.4 is 10.5 Å². The molecule has 0 aromatic heterocycles. The van der Waals surface area contributed by atoms with E-state index in [4.69, 9.17) is 10.5 Å². The summed E-state index contributed by atoms with van der Waals surface area (Å²) in [7, 11) is 0. The van der Waals surface area contributed by atoms with E-state index in [1.165, 1.54) is 11.1 Å². The summed E-state index contributed by atoms with van der Waals surface area (Å²) in [4.78, 5) is 2.42. The Morgan fingerprint density at radius 3 is 3.12 bits per heavy atom. The molecule has 2 heterocycles. The lowest BCUT2D eigenvalue weighted by atomic mass is 10.1. The number of nitrogens with zero attached hydrogens (tertiary/aromatic N) is 1. The molecule has 0 saturated carbocycles. The van der Waals surface area contributed by atoms with E-state index in [1.54, 1.807) is 0 Å². The summed E-state index contributed by atoms with van der Waals surface area (Å²) in [6.07, 6.45) is 2.48. The van der Waals surface area contributed by atoms with Crippen LogP contribution in [0.25, 0.3) is 0 Å². The first-order valence-corrected chi connectivity index (χ1v) is 6.45. The van der Waals surface area contributed by atoms with Crippen molar-refractivity contribution in [2.75, 3.05) is 19.6 Å². The molecule has 1 aromatic rings. The summed E-state index contributed by atoms with van der Waals surface area (Å²) in [6, 6.07) is 6.82. The van der Waals surface area contributed by atoms with Crippen molar-refractivity contribution in [2.24, 2.45) is 5.73 Å². The summed E-state index contributed by atoms with van der Waals surface area (Å²) < 4.78 is 5.98. The van der Waals surface area contributed by atoms with E-state index in [-0.39, 0.29) is 0 Å². The van der Waals surface area contributed by atoms with Crippen molar-refractivity contribution in [3.63, 3.8) is 0 Å². The van der Waals surface area contributed by atoms with Gasteiger partial charge < -0.3 is 10.5 Å². The van der Waals surface area contributed by atoms with E-state index >= 15 is 0 Å². The molecular weight excluding hydrogens is 212 g/mol. The maximum Gasteiger partial charge on any atom is 0.123 e. The van der Waals surface area contributed by atoms with Gasteiger partial charge in [-0.15, -0.1) is 0 Å². The van der Waals surface area contributed by atoms with Gasteiger partial charge >= 0.3 is 0 Å². The zero-order valence-corrected chi connectivity index (χ0v) is 10.4. The number of aryl methyl sites for hydroxylation is 1. The van der Waals surface area contributed by atoms with E-state index in [9.17, 15) is 0 Å². The molecule has 0 bridgehead atoms. The van der Waals surface area contributed by atoms with E-state index in [2.05, 4.69) is 30.0 Å². The lowest BCUT2D eigenvalue weighted by molar-refractivity contribution is 0.167. The van der Waals surface area contributed by atoms with Gasteiger partial charge in [-0.25, -0.2) is 0 Å². The number of likely N-dealkylation sites (tertiary alicyclic amines) is 1. The fourth-order valence-electron chi connectivity index (χ4n) is 2.87. The molecule has 0 spiro atoms. The van der Waals surface area contributed by atoms with Crippen molar-refractivity contribution in [3.8, 4) is 5.75 Å². The van der Waals surface area contributed by atoms with Crippen LogP contribution in [0.5, 0.6) is 5.75 Å². The summed E-state index contributed by atoms with van der Waals surface area (Å²) in [5.74, 6) is 1.07. The fourth-order valence-corrected chi connectivity index (χ4v) is 2.87. The number of rotatable bonds is 2. The van der Waals surface area contributed by atoms with Crippen molar-refractivity contribution in [2.45, 2.75) is 31.9 Å². The van der Waals surface area contributed by atoms with Crippen molar-refractivity contribution in [1.82, 2.24) is 4.90 Å². The lowest BCUT2D eigenvalue weighted by Gasteiger charge is -2.19. The highest BCUT2D eigenvalue weighted by Gasteiger charge is 2.27. The largest absolute Gasteiger partial charge is 0.488 e. The van der Waals surface area contributed by atoms with Crippen LogP contribution in [0, 0.1) is 6.92 Å². The van der Waals surface area contributed by atoms with E-state index in [0.29, 0.717) is 12.1 Å². The molecule has 1 unspecified atom stereocenters. The number of hydrogen-bond donors (Lipinski definition) is 1. The second-order valence-corrected chi connectivity index (χ2v) is 5.36. The number of fused-ring (bicyclic) bond motifs is 1. The highest BCUT2D eigenvalue weighted by molar-refractivity contribution is 5.40. The molecule has 3 nitrogen and oxygen atoms in total. The van der Waals surface area contributed by atoms with Crippen LogP contribution in [-0.4, -0.2) is 36.7 Å². The van der Waals surface area contributed by atoms with E-state index in [0.717, 1.165) is 38.2 Å². The predicted molar refractivity (Wildman–Crippen MR) is 68.3 cm³/mol. The lowest BCUT2D eigenvalue weighted by Crippen LogP contribution is -2.35. The van der Waals surface area contributed by atoms with E-state index < -0.39 is 0 Å². The summed E-state index contributed by atoms with van der Waals surface area (Å²) in [5, 5.41) is 0. The van der Waals surface area contributed by atoms with Crippen LogP contribution in [0.1, 0.15) is 17.5 Å². The average molecular weight is 232 g/mol. The van der Waals surface area contributed by atoms with Crippen molar-refractivity contribution >= 4 is 0 Å². The number of ether oxygens (including phenoxy) is 1. The Hall–Kier alpha value is -1.06. The van der Waals surface area contributed by atoms with Gasteiger partial charge in [-0.3, -0.25) is 4.90 Å². The van der Waals surface area contributed by atoms with Gasteiger partial charge in [0.25, 0.3) is 0 Å². The molecule has 17 heavy (non-hydrogen) atoms. The van der Waals surface area contributed by atoms with Crippen molar-refractivity contribution in [1.29, 1.82) is 0 Å². The molecular formula is C14H20N2O. The average Bonchev–Trinajstić information content (AvgIpc) is 2.84. The molecule has 2 atom stereocenters. The van der Waals surface area contributed by atoms with Gasteiger partial charge in [-0.05, 0) is 31.5 Å². The first kappa shape index (κ1) is 11.1. The molecule has 2 aliphatic heterocycles. The van der Waals surface area contributed by atoms with Gasteiger partial charge in [0.1, 0.15) is 11.9 Å². The van der Waals surface area contributed by atoms with Gasteiger partial charge in [0.15, 0.2) is 0 Å². The molecule has 3 rings (SSSR count).